The van der Waals surface area contributed by atoms with Gasteiger partial charge in [0.2, 0.25) is 5.91 Å². The lowest BCUT2D eigenvalue weighted by Crippen LogP contribution is -2.45. The molecule has 7 nitrogen and oxygen atoms in total. The topological polar surface area (TPSA) is 81.0 Å². The van der Waals surface area contributed by atoms with Gasteiger partial charge in [0.05, 0.1) is 37.5 Å². The monoisotopic (exact) mass is 346 g/mol. The number of rotatable bonds is 5. The molecule has 0 bridgehead atoms. The molecule has 2 heterocycles. The second-order valence-electron chi connectivity index (χ2n) is 6.15. The van der Waals surface area contributed by atoms with Gasteiger partial charge >= 0.3 is 0 Å². The number of hydrogen-bond donors (Lipinski definition) is 1. The summed E-state index contributed by atoms with van der Waals surface area (Å²) in [5.74, 6) is 0.133. The molecule has 2 aromatic rings. The van der Waals surface area contributed by atoms with Crippen molar-refractivity contribution in [2.45, 2.75) is 20.0 Å². The predicted molar refractivity (Wildman–Crippen MR) is 91.7 cm³/mol. The highest BCUT2D eigenvalue weighted by Gasteiger charge is 2.19. The number of carbonyl (C=O) groups excluding carboxylic acids is 2. The van der Waals surface area contributed by atoms with Crippen molar-refractivity contribution in [3.8, 4) is 5.75 Å². The van der Waals surface area contributed by atoms with E-state index < -0.39 is 0 Å². The summed E-state index contributed by atoms with van der Waals surface area (Å²) >= 11 is 0. The molecule has 1 N–H and O–H groups in total. The Bertz CT molecular complexity index is 762. The average molecular weight is 346 g/mol. The van der Waals surface area contributed by atoms with E-state index in [0.29, 0.717) is 43.2 Å². The summed E-state index contributed by atoms with van der Waals surface area (Å²) in [6.07, 6.45) is 1.53. The van der Waals surface area contributed by atoms with Crippen molar-refractivity contribution in [1.82, 2.24) is 10.2 Å². The molecule has 0 aliphatic carbocycles. The smallest absolute Gasteiger partial charge is 0.251 e. The molecular weight excluding hydrogens is 324 g/mol. The van der Waals surface area contributed by atoms with E-state index in [9.17, 15) is 9.59 Å². The van der Waals surface area contributed by atoms with Crippen LogP contribution in [0.3, 0.4) is 0 Å². The molecule has 7 heteroatoms. The first-order chi connectivity index (χ1) is 12.0. The lowest BCUT2D eigenvalue weighted by atomic mass is 10.1. The van der Waals surface area contributed by atoms with Gasteiger partial charge in [0, 0.05) is 18.7 Å². The number of benzene rings is 1. The number of amides is 2. The van der Waals surface area contributed by atoms with E-state index in [2.05, 4.69) is 5.32 Å². The number of carbonyl (C=O) groups is 2. The van der Waals surface area contributed by atoms with Crippen LogP contribution >= 0.6 is 0 Å². The number of nitrogens with zero attached hydrogens (tertiary/aromatic N) is 1. The molecule has 3 rings (SSSR count). The van der Waals surface area contributed by atoms with Gasteiger partial charge in [-0.1, -0.05) is 0 Å². The van der Waals surface area contributed by atoms with Gasteiger partial charge in [-0.2, -0.15) is 0 Å². The number of ether oxygens (including phenoxy) is 2. The first-order valence-electron chi connectivity index (χ1n) is 8.36. The minimum atomic E-state index is -0.339. The normalized spacial score (nSPS) is 14.8. The van der Waals surface area contributed by atoms with Crippen molar-refractivity contribution < 1.29 is 23.5 Å². The Morgan fingerprint density at radius 1 is 1.28 bits per heavy atom. The number of morpholine rings is 1. The quantitative estimate of drug-likeness (QED) is 0.893. The molecule has 0 radical (unpaired) electrons. The summed E-state index contributed by atoms with van der Waals surface area (Å²) in [4.78, 5) is 26.2. The minimum absolute atomic E-state index is 0.0284. The Balaban J connectivity index is 1.70. The summed E-state index contributed by atoms with van der Waals surface area (Å²) in [5.41, 5.74) is 0.968. The maximum absolute atomic E-state index is 12.4. The van der Waals surface area contributed by atoms with Crippen LogP contribution in [0, 0.1) is 0 Å². The third-order valence-electron chi connectivity index (χ3n) is 3.92. The van der Waals surface area contributed by atoms with E-state index in [1.54, 1.807) is 29.4 Å². The zero-order chi connectivity index (χ0) is 17.8. The van der Waals surface area contributed by atoms with Crippen LogP contribution in [-0.4, -0.2) is 55.7 Å². The third-order valence-corrected chi connectivity index (χ3v) is 3.92. The van der Waals surface area contributed by atoms with Crippen molar-refractivity contribution in [1.29, 1.82) is 0 Å². The Labute approximate surface area is 145 Å². The first kappa shape index (κ1) is 17.3. The molecule has 2 amide bonds. The fraction of sp³-hybridized carbons (Fsp3) is 0.444. The summed E-state index contributed by atoms with van der Waals surface area (Å²) in [5, 5.41) is 3.48. The van der Waals surface area contributed by atoms with E-state index in [-0.39, 0.29) is 24.5 Å². The molecule has 25 heavy (non-hydrogen) atoms. The number of hydrogen-bond acceptors (Lipinski definition) is 5. The molecule has 0 spiro atoms. The number of furan rings is 1. The SMILES string of the molecule is CC(C)Oc1cc(C(=O)NCC(=O)N2CCOCC2)cc2occc12. The zero-order valence-corrected chi connectivity index (χ0v) is 14.4. The minimum Gasteiger partial charge on any atom is -0.490 e. The number of fused-ring (bicyclic) bond motifs is 1. The Morgan fingerprint density at radius 2 is 2.04 bits per heavy atom. The van der Waals surface area contributed by atoms with Crippen LogP contribution in [0.25, 0.3) is 11.0 Å². The van der Waals surface area contributed by atoms with Gasteiger partial charge < -0.3 is 24.1 Å². The largest absolute Gasteiger partial charge is 0.490 e. The van der Waals surface area contributed by atoms with Gasteiger partial charge in [-0.05, 0) is 32.0 Å². The Hall–Kier alpha value is -2.54. The predicted octanol–water partition coefficient (Wildman–Crippen LogP) is 1.81. The standard InChI is InChI=1S/C18H22N2O5/c1-12(2)25-16-10-13(9-15-14(16)3-6-24-15)18(22)19-11-17(21)20-4-7-23-8-5-20/h3,6,9-10,12H,4-5,7-8,11H2,1-2H3,(H,19,22). The van der Waals surface area contributed by atoms with Gasteiger partial charge in [-0.15, -0.1) is 0 Å². The van der Waals surface area contributed by atoms with E-state index in [1.165, 1.54) is 0 Å². The lowest BCUT2D eigenvalue weighted by molar-refractivity contribution is -0.134. The van der Waals surface area contributed by atoms with Crippen LogP contribution in [-0.2, 0) is 9.53 Å². The lowest BCUT2D eigenvalue weighted by Gasteiger charge is -2.26. The van der Waals surface area contributed by atoms with Crippen LogP contribution in [0.1, 0.15) is 24.2 Å². The van der Waals surface area contributed by atoms with Crippen molar-refractivity contribution in [2.24, 2.45) is 0 Å². The van der Waals surface area contributed by atoms with Crippen LogP contribution in [0.15, 0.2) is 28.9 Å². The highest BCUT2D eigenvalue weighted by Crippen LogP contribution is 2.29. The molecule has 1 aromatic carbocycles. The van der Waals surface area contributed by atoms with Crippen molar-refractivity contribution in [3.05, 3.63) is 30.0 Å². The van der Waals surface area contributed by atoms with Crippen molar-refractivity contribution in [3.63, 3.8) is 0 Å². The Morgan fingerprint density at radius 3 is 2.76 bits per heavy atom. The average Bonchev–Trinajstić information content (AvgIpc) is 3.08. The van der Waals surface area contributed by atoms with Gasteiger partial charge in [0.1, 0.15) is 11.3 Å². The third kappa shape index (κ3) is 4.11. The van der Waals surface area contributed by atoms with Gasteiger partial charge in [-0.3, -0.25) is 9.59 Å². The van der Waals surface area contributed by atoms with Gasteiger partial charge in [0.15, 0.2) is 0 Å². The molecular formula is C18H22N2O5. The molecule has 1 saturated heterocycles. The van der Waals surface area contributed by atoms with E-state index >= 15 is 0 Å². The summed E-state index contributed by atoms with van der Waals surface area (Å²) in [6, 6.07) is 5.13. The van der Waals surface area contributed by atoms with E-state index in [1.807, 2.05) is 13.8 Å². The maximum Gasteiger partial charge on any atom is 0.251 e. The van der Waals surface area contributed by atoms with Gasteiger partial charge in [0.25, 0.3) is 5.91 Å². The van der Waals surface area contributed by atoms with Gasteiger partial charge in [-0.25, -0.2) is 0 Å². The summed E-state index contributed by atoms with van der Waals surface area (Å²) in [6.45, 7) is 5.96. The molecule has 0 atom stereocenters. The molecule has 0 saturated carbocycles. The molecule has 1 aliphatic heterocycles. The summed E-state index contributed by atoms with van der Waals surface area (Å²) < 4.78 is 16.4. The van der Waals surface area contributed by atoms with Crippen molar-refractivity contribution >= 4 is 22.8 Å². The first-order valence-corrected chi connectivity index (χ1v) is 8.36. The van der Waals surface area contributed by atoms with E-state index in [0.717, 1.165) is 5.39 Å². The van der Waals surface area contributed by atoms with Crippen LogP contribution in [0.5, 0.6) is 5.75 Å². The van der Waals surface area contributed by atoms with Crippen LogP contribution < -0.4 is 10.1 Å². The maximum atomic E-state index is 12.4. The zero-order valence-electron chi connectivity index (χ0n) is 14.4. The van der Waals surface area contributed by atoms with Crippen molar-refractivity contribution in [2.75, 3.05) is 32.8 Å². The Kier molecular flexibility index (Phi) is 5.23. The highest BCUT2D eigenvalue weighted by molar-refractivity contribution is 6.00. The fourth-order valence-corrected chi connectivity index (χ4v) is 2.70. The fourth-order valence-electron chi connectivity index (χ4n) is 2.70. The molecule has 1 aromatic heterocycles. The highest BCUT2D eigenvalue weighted by atomic mass is 16.5. The summed E-state index contributed by atoms with van der Waals surface area (Å²) in [7, 11) is 0. The van der Waals surface area contributed by atoms with Crippen LogP contribution in [0.2, 0.25) is 0 Å². The molecule has 0 unspecified atom stereocenters. The van der Waals surface area contributed by atoms with E-state index in [4.69, 9.17) is 13.9 Å². The molecule has 1 fully saturated rings. The van der Waals surface area contributed by atoms with Crippen LogP contribution in [0.4, 0.5) is 0 Å². The molecule has 134 valence electrons. The second kappa shape index (κ2) is 7.57. The second-order valence-corrected chi connectivity index (χ2v) is 6.15. The molecule has 1 aliphatic rings. The number of nitrogens with one attached hydrogen (secondary N) is 1.